The van der Waals surface area contributed by atoms with Gasteiger partial charge in [0.05, 0.1) is 4.92 Å². The number of benzene rings is 1. The quantitative estimate of drug-likeness (QED) is 0.482. The van der Waals surface area contributed by atoms with Crippen molar-refractivity contribution in [2.45, 2.75) is 90.4 Å². The second-order valence-corrected chi connectivity index (χ2v) is 9.84. The molecule has 0 bridgehead atoms. The third-order valence-corrected chi connectivity index (χ3v) is 5.68. The third kappa shape index (κ3) is 6.75. The summed E-state index contributed by atoms with van der Waals surface area (Å²) in [7, 11) is 0. The number of amides is 2. The van der Waals surface area contributed by atoms with Crippen molar-refractivity contribution < 1.29 is 14.5 Å². The van der Waals surface area contributed by atoms with E-state index in [4.69, 9.17) is 0 Å². The normalized spacial score (nSPS) is 18.8. The summed E-state index contributed by atoms with van der Waals surface area (Å²) in [5.41, 5.74) is -0.201. The van der Waals surface area contributed by atoms with Crippen LogP contribution in [0.15, 0.2) is 24.3 Å². The maximum atomic E-state index is 13.4. The largest absolute Gasteiger partial charge is 0.341 e. The first kappa shape index (κ1) is 24.8. The molecule has 1 fully saturated rings. The molecular weight excluding hydrogens is 396 g/mol. The van der Waals surface area contributed by atoms with Crippen LogP contribution >= 0.6 is 0 Å². The summed E-state index contributed by atoms with van der Waals surface area (Å²) in [6.07, 6.45) is 3.52. The number of carbonyl (C=O) groups excluding carboxylic acids is 2. The molecule has 0 radical (unpaired) electrons. The van der Waals surface area contributed by atoms with Gasteiger partial charge in [0.15, 0.2) is 0 Å². The molecule has 172 valence electrons. The molecule has 31 heavy (non-hydrogen) atoms. The molecular formula is C23H36N4O4. The number of nitrogens with one attached hydrogen (secondary N) is 2. The number of unbranched alkanes of at least 4 members (excludes halogenated alkanes) is 1. The molecule has 0 spiro atoms. The Kier molecular flexibility index (Phi) is 7.81. The van der Waals surface area contributed by atoms with Crippen LogP contribution in [0.3, 0.4) is 0 Å². The number of nitrogens with zero attached hydrogens (tertiary/aromatic N) is 2. The van der Waals surface area contributed by atoms with E-state index in [1.807, 2.05) is 4.90 Å². The lowest BCUT2D eigenvalue weighted by molar-refractivity contribution is -0.384. The highest BCUT2D eigenvalue weighted by molar-refractivity contribution is 5.97. The Hall–Kier alpha value is -2.48. The second kappa shape index (κ2) is 9.77. The van der Waals surface area contributed by atoms with Gasteiger partial charge in [-0.15, -0.1) is 0 Å². The maximum Gasteiger partial charge on any atom is 0.270 e. The van der Waals surface area contributed by atoms with E-state index < -0.39 is 16.9 Å². The highest BCUT2D eigenvalue weighted by atomic mass is 16.6. The fourth-order valence-electron chi connectivity index (χ4n) is 4.64. The Balaban J connectivity index is 2.17. The summed E-state index contributed by atoms with van der Waals surface area (Å²) in [4.78, 5) is 38.4. The molecule has 0 aliphatic carbocycles. The number of rotatable bonds is 8. The van der Waals surface area contributed by atoms with Crippen LogP contribution in [0, 0.1) is 10.1 Å². The molecule has 1 atom stereocenters. The summed E-state index contributed by atoms with van der Waals surface area (Å²) < 4.78 is 0. The fraction of sp³-hybridized carbons (Fsp3) is 0.652. The van der Waals surface area contributed by atoms with Gasteiger partial charge in [-0.05, 0) is 59.9 Å². The van der Waals surface area contributed by atoms with Crippen LogP contribution < -0.4 is 10.6 Å². The van der Waals surface area contributed by atoms with E-state index in [-0.39, 0.29) is 34.3 Å². The van der Waals surface area contributed by atoms with E-state index in [1.54, 1.807) is 6.92 Å². The zero-order valence-corrected chi connectivity index (χ0v) is 19.5. The number of hydrogen-bond acceptors (Lipinski definition) is 5. The molecule has 0 saturated carbocycles. The number of non-ortho nitro benzene ring substituents is 1. The predicted octanol–water partition coefficient (Wildman–Crippen LogP) is 3.65. The first-order valence-corrected chi connectivity index (χ1v) is 11.0. The first-order valence-electron chi connectivity index (χ1n) is 11.0. The van der Waals surface area contributed by atoms with Gasteiger partial charge in [0.1, 0.15) is 6.04 Å². The van der Waals surface area contributed by atoms with Gasteiger partial charge in [0, 0.05) is 41.4 Å². The van der Waals surface area contributed by atoms with Crippen molar-refractivity contribution in [3.63, 3.8) is 0 Å². The van der Waals surface area contributed by atoms with Crippen molar-refractivity contribution in [1.29, 1.82) is 0 Å². The summed E-state index contributed by atoms with van der Waals surface area (Å²) in [6, 6.07) is 4.86. The molecule has 2 rings (SSSR count). The minimum absolute atomic E-state index is 0.0717. The third-order valence-electron chi connectivity index (χ3n) is 5.68. The Morgan fingerprint density at radius 3 is 2.42 bits per heavy atom. The molecule has 1 aliphatic heterocycles. The van der Waals surface area contributed by atoms with Crippen molar-refractivity contribution in [2.75, 3.05) is 6.54 Å². The Bertz CT molecular complexity index is 806. The zero-order valence-electron chi connectivity index (χ0n) is 19.5. The van der Waals surface area contributed by atoms with Crippen LogP contribution in [0.25, 0.3) is 0 Å². The molecule has 1 aromatic carbocycles. The van der Waals surface area contributed by atoms with Crippen LogP contribution in [0.1, 0.15) is 77.6 Å². The average molecular weight is 433 g/mol. The summed E-state index contributed by atoms with van der Waals surface area (Å²) in [5, 5.41) is 17.4. The maximum absolute atomic E-state index is 13.4. The Morgan fingerprint density at radius 2 is 1.87 bits per heavy atom. The molecule has 1 aromatic rings. The molecule has 2 amide bonds. The minimum atomic E-state index is -0.732. The Labute approximate surface area is 184 Å². The molecule has 1 saturated heterocycles. The van der Waals surface area contributed by atoms with Gasteiger partial charge in [-0.2, -0.15) is 0 Å². The second-order valence-electron chi connectivity index (χ2n) is 9.84. The number of nitro groups is 1. The van der Waals surface area contributed by atoms with Crippen LogP contribution in [0.2, 0.25) is 0 Å². The topological polar surface area (TPSA) is 105 Å². The fourth-order valence-corrected chi connectivity index (χ4v) is 4.64. The van der Waals surface area contributed by atoms with Gasteiger partial charge in [-0.3, -0.25) is 19.7 Å². The number of piperidine rings is 1. The molecule has 1 heterocycles. The van der Waals surface area contributed by atoms with Gasteiger partial charge < -0.3 is 15.5 Å². The standard InChI is InChI=1S/C23H36N4O4/c1-7-8-12-26(19-14-22(3,4)25-23(5,6)15-19)21(29)16(2)24-20(28)17-10-9-11-18(13-17)27(30)31/h9-11,13,16,19,25H,7-8,12,14-15H2,1-6H3,(H,24,28). The smallest absolute Gasteiger partial charge is 0.270 e. The van der Waals surface area contributed by atoms with Crippen LogP contribution in [-0.4, -0.2) is 51.3 Å². The number of nitro benzene ring substituents is 1. The van der Waals surface area contributed by atoms with E-state index >= 15 is 0 Å². The molecule has 0 aromatic heterocycles. The van der Waals surface area contributed by atoms with E-state index in [9.17, 15) is 19.7 Å². The number of hydrogen-bond donors (Lipinski definition) is 2. The molecule has 2 N–H and O–H groups in total. The summed E-state index contributed by atoms with van der Waals surface area (Å²) in [5.74, 6) is -0.614. The van der Waals surface area contributed by atoms with Gasteiger partial charge >= 0.3 is 0 Å². The van der Waals surface area contributed by atoms with Gasteiger partial charge in [0.25, 0.3) is 11.6 Å². The van der Waals surface area contributed by atoms with Crippen LogP contribution in [0.5, 0.6) is 0 Å². The van der Waals surface area contributed by atoms with Crippen molar-refractivity contribution in [3.8, 4) is 0 Å². The van der Waals surface area contributed by atoms with Gasteiger partial charge in [-0.1, -0.05) is 19.4 Å². The lowest BCUT2D eigenvalue weighted by Crippen LogP contribution is -2.64. The number of carbonyl (C=O) groups is 2. The Morgan fingerprint density at radius 1 is 1.26 bits per heavy atom. The van der Waals surface area contributed by atoms with E-state index in [0.29, 0.717) is 6.54 Å². The van der Waals surface area contributed by atoms with Crippen molar-refractivity contribution in [3.05, 3.63) is 39.9 Å². The first-order chi connectivity index (χ1) is 14.3. The van der Waals surface area contributed by atoms with Gasteiger partial charge in [0.2, 0.25) is 5.91 Å². The summed E-state index contributed by atoms with van der Waals surface area (Å²) >= 11 is 0. The lowest BCUT2D eigenvalue weighted by atomic mass is 9.78. The van der Waals surface area contributed by atoms with Gasteiger partial charge in [-0.25, -0.2) is 0 Å². The summed E-state index contributed by atoms with van der Waals surface area (Å²) in [6.45, 7) is 13.0. The highest BCUT2D eigenvalue weighted by Crippen LogP contribution is 2.32. The van der Waals surface area contributed by atoms with Crippen molar-refractivity contribution in [2.24, 2.45) is 0 Å². The van der Waals surface area contributed by atoms with Crippen molar-refractivity contribution in [1.82, 2.24) is 15.5 Å². The molecule has 1 aliphatic rings. The average Bonchev–Trinajstić information content (AvgIpc) is 2.65. The van der Waals surface area contributed by atoms with Crippen LogP contribution in [0.4, 0.5) is 5.69 Å². The molecule has 8 nitrogen and oxygen atoms in total. The van der Waals surface area contributed by atoms with Crippen LogP contribution in [-0.2, 0) is 4.79 Å². The zero-order chi connectivity index (χ0) is 23.4. The molecule has 8 heteroatoms. The predicted molar refractivity (Wildman–Crippen MR) is 121 cm³/mol. The lowest BCUT2D eigenvalue weighted by Gasteiger charge is -2.50. The molecule has 1 unspecified atom stereocenters. The SMILES string of the molecule is CCCCN(C(=O)C(C)NC(=O)c1cccc([N+](=O)[O-])c1)C1CC(C)(C)NC(C)(C)C1. The highest BCUT2D eigenvalue weighted by Gasteiger charge is 2.41. The van der Waals surface area contributed by atoms with E-state index in [0.717, 1.165) is 25.7 Å². The monoisotopic (exact) mass is 432 g/mol. The minimum Gasteiger partial charge on any atom is -0.341 e. The van der Waals surface area contributed by atoms with Crippen molar-refractivity contribution >= 4 is 17.5 Å². The van der Waals surface area contributed by atoms with E-state index in [1.165, 1.54) is 24.3 Å². The van der Waals surface area contributed by atoms with E-state index in [2.05, 4.69) is 45.3 Å².